The summed E-state index contributed by atoms with van der Waals surface area (Å²) in [6.07, 6.45) is 1.47. The summed E-state index contributed by atoms with van der Waals surface area (Å²) in [4.78, 5) is 25.1. The zero-order valence-corrected chi connectivity index (χ0v) is 10.8. The molecule has 1 saturated heterocycles. The summed E-state index contributed by atoms with van der Waals surface area (Å²) >= 11 is 0. The molecular formula is C14H15FN2O3. The van der Waals surface area contributed by atoms with E-state index in [1.54, 1.807) is 12.1 Å². The number of hydrogen-bond donors (Lipinski definition) is 1. The number of cyclic esters (lactones) is 1. The fourth-order valence-electron chi connectivity index (χ4n) is 2.15. The molecule has 0 unspecified atom stereocenters. The van der Waals surface area contributed by atoms with Crippen molar-refractivity contribution in [3.8, 4) is 0 Å². The third-order valence-electron chi connectivity index (χ3n) is 3.47. The molecule has 1 aromatic carbocycles. The number of hydrogen-bond acceptors (Lipinski definition) is 3. The predicted octanol–water partition coefficient (Wildman–Crippen LogP) is 1.43. The smallest absolute Gasteiger partial charge is 0.410 e. The van der Waals surface area contributed by atoms with E-state index in [1.165, 1.54) is 17.0 Å². The van der Waals surface area contributed by atoms with Gasteiger partial charge in [-0.1, -0.05) is 12.1 Å². The molecule has 0 radical (unpaired) electrons. The maximum atomic E-state index is 12.9. The van der Waals surface area contributed by atoms with Crippen molar-refractivity contribution in [1.29, 1.82) is 0 Å². The van der Waals surface area contributed by atoms with Crippen LogP contribution in [-0.2, 0) is 16.1 Å². The van der Waals surface area contributed by atoms with E-state index in [-0.39, 0.29) is 30.9 Å². The summed E-state index contributed by atoms with van der Waals surface area (Å²) in [5.74, 6) is -0.513. The fourth-order valence-corrected chi connectivity index (χ4v) is 2.15. The zero-order chi connectivity index (χ0) is 14.1. The van der Waals surface area contributed by atoms with E-state index in [4.69, 9.17) is 4.74 Å². The summed E-state index contributed by atoms with van der Waals surface area (Å²) < 4.78 is 17.8. The van der Waals surface area contributed by atoms with Crippen molar-refractivity contribution in [2.24, 2.45) is 0 Å². The van der Waals surface area contributed by atoms with Crippen molar-refractivity contribution in [3.05, 3.63) is 35.6 Å². The Bertz CT molecular complexity index is 528. The molecule has 6 heteroatoms. The van der Waals surface area contributed by atoms with Crippen LogP contribution in [-0.4, -0.2) is 35.6 Å². The highest BCUT2D eigenvalue weighted by Crippen LogP contribution is 2.21. The highest BCUT2D eigenvalue weighted by Gasteiger charge is 2.39. The van der Waals surface area contributed by atoms with Gasteiger partial charge in [0, 0.05) is 6.04 Å². The molecule has 1 atom stereocenters. The number of carbonyl (C=O) groups excluding carboxylic acids is 2. The first kappa shape index (κ1) is 12.9. The lowest BCUT2D eigenvalue weighted by Gasteiger charge is -2.20. The van der Waals surface area contributed by atoms with Crippen LogP contribution < -0.4 is 5.32 Å². The number of carbonyl (C=O) groups is 2. The second kappa shape index (κ2) is 5.11. The number of benzene rings is 1. The van der Waals surface area contributed by atoms with Crippen LogP contribution >= 0.6 is 0 Å². The van der Waals surface area contributed by atoms with Gasteiger partial charge >= 0.3 is 6.09 Å². The van der Waals surface area contributed by atoms with Crippen molar-refractivity contribution in [2.75, 3.05) is 6.61 Å². The Morgan fingerprint density at radius 3 is 2.70 bits per heavy atom. The maximum absolute atomic E-state index is 12.9. The van der Waals surface area contributed by atoms with Gasteiger partial charge in [0.2, 0.25) is 5.91 Å². The Balaban J connectivity index is 1.69. The van der Waals surface area contributed by atoms with E-state index in [2.05, 4.69) is 5.32 Å². The van der Waals surface area contributed by atoms with E-state index < -0.39 is 12.1 Å². The molecule has 5 nitrogen and oxygen atoms in total. The van der Waals surface area contributed by atoms with E-state index in [0.29, 0.717) is 0 Å². The first-order valence-corrected chi connectivity index (χ1v) is 6.62. The summed E-state index contributed by atoms with van der Waals surface area (Å²) in [5, 5.41) is 2.87. The Labute approximate surface area is 115 Å². The lowest BCUT2D eigenvalue weighted by Crippen LogP contribution is -2.46. The average molecular weight is 278 g/mol. The van der Waals surface area contributed by atoms with E-state index in [0.717, 1.165) is 18.4 Å². The van der Waals surface area contributed by atoms with Crippen molar-refractivity contribution in [2.45, 2.75) is 31.5 Å². The molecule has 0 bridgehead atoms. The van der Waals surface area contributed by atoms with E-state index in [9.17, 15) is 14.0 Å². The summed E-state index contributed by atoms with van der Waals surface area (Å²) in [6, 6.07) is 5.48. The van der Waals surface area contributed by atoms with Crippen LogP contribution in [0.3, 0.4) is 0 Å². The molecule has 1 N–H and O–H groups in total. The third kappa shape index (κ3) is 2.74. The molecule has 1 heterocycles. The topological polar surface area (TPSA) is 58.6 Å². The highest BCUT2D eigenvalue weighted by atomic mass is 19.1. The van der Waals surface area contributed by atoms with Crippen LogP contribution in [0.5, 0.6) is 0 Å². The predicted molar refractivity (Wildman–Crippen MR) is 68.2 cm³/mol. The molecule has 1 aliphatic heterocycles. The number of amides is 2. The van der Waals surface area contributed by atoms with E-state index in [1.807, 2.05) is 0 Å². The molecular weight excluding hydrogens is 263 g/mol. The lowest BCUT2D eigenvalue weighted by atomic mass is 10.2. The van der Waals surface area contributed by atoms with Gasteiger partial charge in [0.25, 0.3) is 0 Å². The quantitative estimate of drug-likeness (QED) is 0.906. The standard InChI is InChI=1S/C14H15FN2O3/c15-10-3-1-9(2-4-10)7-17-12(8-20-14(17)19)13(18)16-11-5-6-11/h1-4,11-12H,5-8H2,(H,16,18)/t12-/m0/s1. The lowest BCUT2D eigenvalue weighted by molar-refractivity contribution is -0.125. The first-order valence-electron chi connectivity index (χ1n) is 6.62. The van der Waals surface area contributed by atoms with Crippen LogP contribution in [0.2, 0.25) is 0 Å². The normalized spacial score (nSPS) is 21.8. The first-order chi connectivity index (χ1) is 9.63. The molecule has 3 rings (SSSR count). The third-order valence-corrected chi connectivity index (χ3v) is 3.47. The van der Waals surface area contributed by atoms with Gasteiger partial charge < -0.3 is 10.1 Å². The van der Waals surface area contributed by atoms with Gasteiger partial charge in [-0.15, -0.1) is 0 Å². The van der Waals surface area contributed by atoms with Gasteiger partial charge in [0.1, 0.15) is 18.5 Å². The van der Waals surface area contributed by atoms with Gasteiger partial charge in [-0.05, 0) is 30.5 Å². The Morgan fingerprint density at radius 1 is 1.35 bits per heavy atom. The monoisotopic (exact) mass is 278 g/mol. The fraction of sp³-hybridized carbons (Fsp3) is 0.429. The van der Waals surface area contributed by atoms with Crippen LogP contribution in [0, 0.1) is 5.82 Å². The van der Waals surface area contributed by atoms with Crippen molar-refractivity contribution < 1.29 is 18.7 Å². The maximum Gasteiger partial charge on any atom is 0.410 e. The zero-order valence-electron chi connectivity index (χ0n) is 10.8. The summed E-state index contributed by atoms with van der Waals surface area (Å²) in [6.45, 7) is 0.306. The molecule has 2 fully saturated rings. The minimum absolute atomic E-state index is 0.0680. The molecule has 1 aliphatic carbocycles. The summed E-state index contributed by atoms with van der Waals surface area (Å²) in [5.41, 5.74) is 0.759. The Morgan fingerprint density at radius 2 is 2.05 bits per heavy atom. The number of ether oxygens (including phenoxy) is 1. The van der Waals surface area contributed by atoms with Gasteiger partial charge in [-0.2, -0.15) is 0 Å². The number of nitrogens with one attached hydrogen (secondary N) is 1. The van der Waals surface area contributed by atoms with Crippen molar-refractivity contribution >= 4 is 12.0 Å². The second-order valence-electron chi connectivity index (χ2n) is 5.13. The molecule has 2 amide bonds. The Kier molecular flexibility index (Phi) is 3.30. The molecule has 0 spiro atoms. The van der Waals surface area contributed by atoms with Gasteiger partial charge in [0.15, 0.2) is 0 Å². The Hall–Kier alpha value is -2.11. The summed E-state index contributed by atoms with van der Waals surface area (Å²) in [7, 11) is 0. The number of nitrogens with zero attached hydrogens (tertiary/aromatic N) is 1. The molecule has 2 aliphatic rings. The van der Waals surface area contributed by atoms with Crippen LogP contribution in [0.4, 0.5) is 9.18 Å². The highest BCUT2D eigenvalue weighted by molar-refractivity contribution is 5.88. The SMILES string of the molecule is O=C(NC1CC1)[C@@H]1COC(=O)N1Cc1ccc(F)cc1. The molecule has 20 heavy (non-hydrogen) atoms. The van der Waals surface area contributed by atoms with Gasteiger partial charge in [0.05, 0.1) is 6.54 Å². The largest absolute Gasteiger partial charge is 0.447 e. The van der Waals surface area contributed by atoms with Crippen LogP contribution in [0.15, 0.2) is 24.3 Å². The van der Waals surface area contributed by atoms with Crippen LogP contribution in [0.25, 0.3) is 0 Å². The molecule has 0 aromatic heterocycles. The molecule has 106 valence electrons. The van der Waals surface area contributed by atoms with Crippen molar-refractivity contribution in [1.82, 2.24) is 10.2 Å². The minimum atomic E-state index is -0.604. The second-order valence-corrected chi connectivity index (χ2v) is 5.13. The molecule has 1 saturated carbocycles. The molecule has 1 aromatic rings. The van der Waals surface area contributed by atoms with Crippen LogP contribution in [0.1, 0.15) is 18.4 Å². The number of rotatable bonds is 4. The number of halogens is 1. The van der Waals surface area contributed by atoms with Crippen molar-refractivity contribution in [3.63, 3.8) is 0 Å². The van der Waals surface area contributed by atoms with Gasteiger partial charge in [-0.25, -0.2) is 9.18 Å². The average Bonchev–Trinajstić information content (AvgIpc) is 3.16. The van der Waals surface area contributed by atoms with Gasteiger partial charge in [-0.3, -0.25) is 9.69 Å². The minimum Gasteiger partial charge on any atom is -0.447 e. The van der Waals surface area contributed by atoms with E-state index >= 15 is 0 Å².